The fourth-order valence-electron chi connectivity index (χ4n) is 16.2. The summed E-state index contributed by atoms with van der Waals surface area (Å²) in [6, 6.07) is 110. The van der Waals surface area contributed by atoms with Crippen molar-refractivity contribution < 1.29 is 0 Å². The molecule has 362 valence electrons. The number of rotatable bonds is 6. The van der Waals surface area contributed by atoms with Crippen LogP contribution in [0, 0.1) is 0 Å². The monoisotopic (exact) mass is 1010 g/mol. The maximum Gasteiger partial charge on any atom is 0.249 e. The van der Waals surface area contributed by atoms with Gasteiger partial charge in [0, 0.05) is 17.1 Å². The van der Waals surface area contributed by atoms with Crippen LogP contribution in [-0.2, 0) is 5.41 Å². The molecule has 0 bridgehead atoms. The second-order valence-corrected chi connectivity index (χ2v) is 26.2. The molecule has 0 N–H and O–H groups in total. The molecule has 4 aliphatic heterocycles. The topological polar surface area (TPSA) is 3.24 Å². The summed E-state index contributed by atoms with van der Waals surface area (Å²) in [5, 5.41) is 10.7. The summed E-state index contributed by atoms with van der Waals surface area (Å²) in [4.78, 5) is 2.77. The Bertz CT molecular complexity index is 4600. The summed E-state index contributed by atoms with van der Waals surface area (Å²) in [7, 11) is -2.94. The summed E-state index contributed by atoms with van der Waals surface area (Å²) in [6.45, 7) is -0.000477. The van der Waals surface area contributed by atoms with E-state index in [4.69, 9.17) is 0 Å². The molecule has 0 unspecified atom stereocenters. The van der Waals surface area contributed by atoms with Gasteiger partial charge in [-0.25, -0.2) is 0 Å². The van der Waals surface area contributed by atoms with E-state index >= 15 is 0 Å². The quantitative estimate of drug-likeness (QED) is 0.119. The fraction of sp³-hybridized carbons (Fsp3) is 0.0133. The lowest BCUT2D eigenvalue weighted by atomic mass is 9.32. The van der Waals surface area contributed by atoms with Crippen LogP contribution in [-0.4, -0.2) is 21.5 Å². The van der Waals surface area contributed by atoms with Gasteiger partial charge in [-0.3, -0.25) is 0 Å². The molecule has 1 aliphatic carbocycles. The van der Waals surface area contributed by atoms with Gasteiger partial charge in [-0.2, -0.15) is 0 Å². The number of hydrogen-bond donors (Lipinski definition) is 0. The van der Waals surface area contributed by atoms with Crippen LogP contribution in [0.5, 0.6) is 0 Å². The number of fused-ring (bicyclic) bond motifs is 20. The lowest BCUT2D eigenvalue weighted by molar-refractivity contribution is 0.769. The molecule has 0 amide bonds. The molecule has 13 aromatic carbocycles. The summed E-state index contributed by atoms with van der Waals surface area (Å²) in [6.07, 6.45) is 0. The van der Waals surface area contributed by atoms with E-state index < -0.39 is 13.5 Å². The van der Waals surface area contributed by atoms with Crippen LogP contribution < -0.4 is 58.4 Å². The lowest BCUT2D eigenvalue weighted by Gasteiger charge is -2.44. The van der Waals surface area contributed by atoms with E-state index in [1.165, 1.54) is 148 Å². The van der Waals surface area contributed by atoms with Crippen molar-refractivity contribution in [1.82, 2.24) is 0 Å². The zero-order valence-electron chi connectivity index (χ0n) is 43.2. The van der Waals surface area contributed by atoms with Gasteiger partial charge < -0.3 is 4.90 Å². The van der Waals surface area contributed by atoms with Gasteiger partial charge >= 0.3 is 0 Å². The molecule has 5 aliphatic rings. The third kappa shape index (κ3) is 5.47. The first-order chi connectivity index (χ1) is 39.2. The first-order valence-corrected chi connectivity index (χ1v) is 30.0. The van der Waals surface area contributed by atoms with Crippen molar-refractivity contribution in [3.63, 3.8) is 0 Å². The molecule has 0 saturated carbocycles. The number of hydrogen-bond acceptors (Lipinski definition) is 1. The van der Waals surface area contributed by atoms with Crippen LogP contribution >= 0.6 is 0 Å². The Balaban J connectivity index is 1.01. The third-order valence-corrected chi connectivity index (χ3v) is 23.8. The molecular weight excluding hydrogens is 965 g/mol. The highest BCUT2D eigenvalue weighted by atomic mass is 28.3. The van der Waals surface area contributed by atoms with E-state index in [2.05, 4.69) is 290 Å². The summed E-state index contributed by atoms with van der Waals surface area (Å²) >= 11 is 0. The van der Waals surface area contributed by atoms with Gasteiger partial charge in [0.2, 0.25) is 13.4 Å². The van der Waals surface area contributed by atoms with Crippen LogP contribution in [0.25, 0.3) is 54.9 Å². The molecule has 1 nitrogen and oxygen atoms in total. The van der Waals surface area contributed by atoms with Crippen molar-refractivity contribution in [2.75, 3.05) is 4.90 Å². The Kier molecular flexibility index (Phi) is 8.86. The predicted octanol–water partition coefficient (Wildman–Crippen LogP) is 10.8. The van der Waals surface area contributed by atoms with Crippen molar-refractivity contribution in [1.29, 1.82) is 0 Å². The first kappa shape index (κ1) is 43.6. The van der Waals surface area contributed by atoms with Gasteiger partial charge in [0.05, 0.1) is 5.41 Å². The van der Waals surface area contributed by atoms with E-state index in [9.17, 15) is 0 Å². The molecule has 0 atom stereocenters. The van der Waals surface area contributed by atoms with Crippen LogP contribution in [0.2, 0.25) is 0 Å². The average molecular weight is 1010 g/mol. The minimum atomic E-state index is -2.94. The zero-order valence-corrected chi connectivity index (χ0v) is 44.2. The summed E-state index contributed by atoms with van der Waals surface area (Å²) in [5.74, 6) is 0. The van der Waals surface area contributed by atoms with Gasteiger partial charge in [-0.05, 0) is 138 Å². The fourth-order valence-corrected chi connectivity index (χ4v) is 21.0. The van der Waals surface area contributed by atoms with E-state index in [1.807, 2.05) is 0 Å². The Morgan fingerprint density at radius 2 is 0.785 bits per heavy atom. The third-order valence-electron chi connectivity index (χ3n) is 19.1. The van der Waals surface area contributed by atoms with Gasteiger partial charge in [0.25, 0.3) is 0 Å². The molecule has 0 fully saturated rings. The molecule has 4 heteroatoms. The van der Waals surface area contributed by atoms with Gasteiger partial charge in [-0.15, -0.1) is 0 Å². The Labute approximate surface area is 461 Å². The Hall–Kier alpha value is -9.47. The average Bonchev–Trinajstić information content (AvgIpc) is 2.08. The maximum atomic E-state index is 2.77. The van der Waals surface area contributed by atoms with Gasteiger partial charge in [0.15, 0.2) is 8.07 Å². The minimum absolute atomic E-state index is 0.0109. The van der Waals surface area contributed by atoms with Crippen LogP contribution in [0.3, 0.4) is 0 Å². The molecule has 18 rings (SSSR count). The smallest absolute Gasteiger partial charge is 0.249 e. The van der Waals surface area contributed by atoms with E-state index in [-0.39, 0.29) is 13.4 Å². The number of anilines is 3. The van der Waals surface area contributed by atoms with E-state index in [0.29, 0.717) is 0 Å². The van der Waals surface area contributed by atoms with Gasteiger partial charge in [-0.1, -0.05) is 278 Å². The molecule has 13 aromatic rings. The SMILES string of the molecule is c1ccc(C2(c3ccccc3)c3ccccc3-c3c2ccc2c3B3c4ccc5ccccc5c4-c4cc5c6c(c43)N2c2ccc([Si](c3ccccc3)(c3ccccc3)c3ccccc3)cc2B6c2ccc3ccccc3c2-5)cc1. The van der Waals surface area contributed by atoms with Crippen LogP contribution in [0.4, 0.5) is 17.1 Å². The van der Waals surface area contributed by atoms with Crippen molar-refractivity contribution in [3.8, 4) is 33.4 Å². The first-order valence-electron chi connectivity index (χ1n) is 28.0. The molecule has 0 saturated heterocycles. The lowest BCUT2D eigenvalue weighted by Crippen LogP contribution is -2.75. The van der Waals surface area contributed by atoms with Crippen molar-refractivity contribution in [2.45, 2.75) is 5.41 Å². The largest absolute Gasteiger partial charge is 0.312 e. The second-order valence-electron chi connectivity index (χ2n) is 22.4. The second kappa shape index (κ2) is 16.1. The molecular formula is C75H47B2NSi. The predicted molar refractivity (Wildman–Crippen MR) is 337 cm³/mol. The van der Waals surface area contributed by atoms with Crippen molar-refractivity contribution >= 4 is 114 Å². The van der Waals surface area contributed by atoms with E-state index in [0.717, 1.165) is 0 Å². The van der Waals surface area contributed by atoms with Crippen molar-refractivity contribution in [3.05, 3.63) is 307 Å². The molecule has 0 aromatic heterocycles. The van der Waals surface area contributed by atoms with E-state index in [1.54, 1.807) is 0 Å². The number of benzene rings is 13. The standard InChI is InChI=1S/C75H47B2NSi/c1-6-24-50(25-7-1)75(51-26-8-2-9-27-51)61-37-21-20-36-58(61)70-62(75)41-45-67-73(70)77-64-43-39-49-23-17-19-35-57(49)69(64)60-47-59-68-56-34-18-16-22-48(56)38-42-63(68)76-65-46-55(40-44-66(65)78(67)74(71(59)76)72(60)77)79(52-28-10-3-11-29-52,53-30-12-4-13-31-53)54-32-14-5-15-33-54/h1-47H. The Morgan fingerprint density at radius 3 is 1.37 bits per heavy atom. The highest BCUT2D eigenvalue weighted by Gasteiger charge is 2.56. The van der Waals surface area contributed by atoms with Crippen LogP contribution in [0.15, 0.2) is 285 Å². The molecule has 4 heterocycles. The zero-order chi connectivity index (χ0) is 51.6. The minimum Gasteiger partial charge on any atom is -0.312 e. The Morgan fingerprint density at radius 1 is 0.304 bits per heavy atom. The normalized spacial score (nSPS) is 14.1. The van der Waals surface area contributed by atoms with Gasteiger partial charge in [0.1, 0.15) is 0 Å². The number of nitrogens with zero attached hydrogens (tertiary/aromatic N) is 1. The summed E-state index contributed by atoms with van der Waals surface area (Å²) < 4.78 is 0. The maximum absolute atomic E-state index is 2.94. The highest BCUT2D eigenvalue weighted by Crippen LogP contribution is 2.58. The molecule has 79 heavy (non-hydrogen) atoms. The van der Waals surface area contributed by atoms with Crippen LogP contribution in [0.1, 0.15) is 22.3 Å². The summed E-state index contributed by atoms with van der Waals surface area (Å²) in [5.41, 5.74) is 25.2. The molecule has 0 radical (unpaired) electrons. The highest BCUT2D eigenvalue weighted by molar-refractivity contribution is 7.20. The molecule has 0 spiro atoms. The van der Waals surface area contributed by atoms with Crippen molar-refractivity contribution in [2.24, 2.45) is 0 Å².